The Balaban J connectivity index is 1.49. The van der Waals surface area contributed by atoms with E-state index in [1.807, 2.05) is 24.3 Å². The summed E-state index contributed by atoms with van der Waals surface area (Å²) in [6.07, 6.45) is 0.436. The number of nitrogens with zero attached hydrogens (tertiary/aromatic N) is 2. The van der Waals surface area contributed by atoms with Crippen LogP contribution in [0.3, 0.4) is 0 Å². The van der Waals surface area contributed by atoms with Gasteiger partial charge < -0.3 is 19.8 Å². The third kappa shape index (κ3) is 5.38. The lowest BCUT2D eigenvalue weighted by molar-refractivity contribution is -0.137. The molecule has 0 unspecified atom stereocenters. The molecule has 10 heteroatoms. The van der Waals surface area contributed by atoms with Gasteiger partial charge in [0.1, 0.15) is 11.6 Å². The van der Waals surface area contributed by atoms with E-state index in [1.165, 1.54) is 28.9 Å². The number of carbonyl (C=O) groups is 3. The molecule has 2 aromatic rings. The Morgan fingerprint density at radius 3 is 2.47 bits per heavy atom. The number of halogens is 2. The molecule has 190 valence electrons. The van der Waals surface area contributed by atoms with Crippen LogP contribution in [-0.2, 0) is 16.0 Å². The molecule has 0 aliphatic carbocycles. The summed E-state index contributed by atoms with van der Waals surface area (Å²) in [5.41, 5.74) is 2.38. The first-order valence-electron chi connectivity index (χ1n) is 11.6. The number of aryl methyl sites for hydroxylation is 1. The fourth-order valence-electron chi connectivity index (χ4n) is 4.92. The fourth-order valence-corrected chi connectivity index (χ4v) is 5.28. The second-order valence-corrected chi connectivity index (χ2v) is 9.76. The lowest BCUT2D eigenvalue weighted by atomic mass is 9.82. The normalized spacial score (nSPS) is 19.3. The first-order chi connectivity index (χ1) is 17.2. The van der Waals surface area contributed by atoms with Gasteiger partial charge in [-0.3, -0.25) is 9.69 Å². The Bertz CT molecular complexity index is 1220. The summed E-state index contributed by atoms with van der Waals surface area (Å²) in [5.74, 6) is -1.32. The Kier molecular flexibility index (Phi) is 7.63. The van der Waals surface area contributed by atoms with E-state index in [9.17, 15) is 29.0 Å². The molecule has 2 atom stereocenters. The van der Waals surface area contributed by atoms with Crippen LogP contribution >= 0.6 is 15.9 Å². The Morgan fingerprint density at radius 1 is 1.11 bits per heavy atom. The minimum atomic E-state index is -1.19. The van der Waals surface area contributed by atoms with Gasteiger partial charge in [-0.05, 0) is 64.0 Å². The molecule has 2 aliphatic heterocycles. The van der Waals surface area contributed by atoms with Gasteiger partial charge in [-0.2, -0.15) is 0 Å². The van der Waals surface area contributed by atoms with E-state index in [1.54, 1.807) is 6.07 Å². The summed E-state index contributed by atoms with van der Waals surface area (Å²) in [5, 5.41) is 19.8. The van der Waals surface area contributed by atoms with Gasteiger partial charge in [0.25, 0.3) is 0 Å². The number of hydrogen-bond acceptors (Lipinski definition) is 4. The van der Waals surface area contributed by atoms with Crippen LogP contribution in [0.15, 0.2) is 52.5 Å². The Labute approximate surface area is 216 Å². The number of aliphatic carboxylic acids is 1. The van der Waals surface area contributed by atoms with Gasteiger partial charge in [-0.15, -0.1) is 0 Å². The average Bonchev–Trinajstić information content (AvgIpc) is 2.82. The van der Waals surface area contributed by atoms with Gasteiger partial charge in [0.2, 0.25) is 5.91 Å². The number of carboxylic acid groups (broad SMARTS) is 2. The molecule has 2 bridgehead atoms. The quantitative estimate of drug-likeness (QED) is 0.485. The van der Waals surface area contributed by atoms with Gasteiger partial charge in [0.15, 0.2) is 0 Å². The highest BCUT2D eigenvalue weighted by atomic mass is 79.9. The largest absolute Gasteiger partial charge is 0.492 e. The highest BCUT2D eigenvalue weighted by Crippen LogP contribution is 2.38. The molecule has 1 saturated heterocycles. The standard InChI is InChI=1S/C26H26BrFN2O6/c1-15(31)29-13-19-12-20(24(25(32)33)22(14-29)30(19)26(34)35)17-6-4-16(5-7-17)3-2-10-36-23-11-18(28)8-9-21(23)27/h4-9,11,19,22H,2-3,10,12-14H2,1H3,(H,32,33)(H,34,35)/t19-,22-/m1/s1. The molecule has 0 aromatic heterocycles. The number of carbonyl (C=O) groups excluding carboxylic acids is 1. The Hall–Kier alpha value is -3.40. The number of piperazine rings is 1. The average molecular weight is 561 g/mol. The van der Waals surface area contributed by atoms with E-state index in [0.29, 0.717) is 35.2 Å². The van der Waals surface area contributed by atoms with Crippen molar-refractivity contribution in [1.82, 2.24) is 9.80 Å². The lowest BCUT2D eigenvalue weighted by Gasteiger charge is -2.49. The van der Waals surface area contributed by atoms with Crippen molar-refractivity contribution in [1.29, 1.82) is 0 Å². The third-order valence-corrected chi connectivity index (χ3v) is 7.27. The number of ether oxygens (including phenoxy) is 1. The number of hydrogen-bond donors (Lipinski definition) is 2. The number of rotatable bonds is 7. The zero-order valence-corrected chi connectivity index (χ0v) is 21.2. The van der Waals surface area contributed by atoms with Gasteiger partial charge in [-0.25, -0.2) is 14.0 Å². The predicted molar refractivity (Wildman–Crippen MR) is 133 cm³/mol. The SMILES string of the molecule is CC(=O)N1C[C@H]2CC(c3ccc(CCCOc4cc(F)ccc4Br)cc3)=C(C(=O)O)[C@@H](C1)N2C(=O)O. The van der Waals surface area contributed by atoms with Crippen molar-refractivity contribution in [2.75, 3.05) is 19.7 Å². The highest BCUT2D eigenvalue weighted by Gasteiger charge is 2.47. The third-order valence-electron chi connectivity index (χ3n) is 6.61. The van der Waals surface area contributed by atoms with Crippen molar-refractivity contribution in [3.05, 3.63) is 69.5 Å². The molecular formula is C26H26BrFN2O6. The van der Waals surface area contributed by atoms with Crippen LogP contribution in [0, 0.1) is 5.82 Å². The minimum absolute atomic E-state index is 0.0152. The smallest absolute Gasteiger partial charge is 0.408 e. The van der Waals surface area contributed by atoms with Crippen LogP contribution in [0.5, 0.6) is 5.75 Å². The van der Waals surface area contributed by atoms with Crippen molar-refractivity contribution in [2.45, 2.75) is 38.3 Å². The first kappa shape index (κ1) is 25.7. The van der Waals surface area contributed by atoms with Gasteiger partial charge in [0.05, 0.1) is 28.7 Å². The van der Waals surface area contributed by atoms with E-state index < -0.39 is 24.1 Å². The zero-order valence-electron chi connectivity index (χ0n) is 19.6. The number of benzene rings is 2. The monoisotopic (exact) mass is 560 g/mol. The molecule has 0 radical (unpaired) electrons. The van der Waals surface area contributed by atoms with Gasteiger partial charge >= 0.3 is 12.1 Å². The van der Waals surface area contributed by atoms with Crippen molar-refractivity contribution >= 4 is 39.5 Å². The molecule has 2 amide bonds. The number of amides is 2. The molecule has 2 aliphatic rings. The molecule has 2 heterocycles. The minimum Gasteiger partial charge on any atom is -0.492 e. The van der Waals surface area contributed by atoms with Gasteiger partial charge in [0, 0.05) is 26.1 Å². The second kappa shape index (κ2) is 10.7. The topological polar surface area (TPSA) is 107 Å². The van der Waals surface area contributed by atoms with E-state index in [2.05, 4.69) is 15.9 Å². The van der Waals surface area contributed by atoms with Crippen molar-refractivity contribution in [3.8, 4) is 5.75 Å². The maximum Gasteiger partial charge on any atom is 0.408 e. The molecule has 0 spiro atoms. The summed E-state index contributed by atoms with van der Waals surface area (Å²) in [4.78, 5) is 38.8. The first-order valence-corrected chi connectivity index (χ1v) is 12.3. The lowest BCUT2D eigenvalue weighted by Crippen LogP contribution is -2.64. The molecule has 1 fully saturated rings. The molecule has 8 nitrogen and oxygen atoms in total. The summed E-state index contributed by atoms with van der Waals surface area (Å²) in [6.45, 7) is 2.05. The van der Waals surface area contributed by atoms with E-state index in [-0.39, 0.29) is 36.8 Å². The van der Waals surface area contributed by atoms with Crippen molar-refractivity contribution in [3.63, 3.8) is 0 Å². The number of fused-ring (bicyclic) bond motifs is 2. The van der Waals surface area contributed by atoms with E-state index in [4.69, 9.17) is 4.74 Å². The zero-order chi connectivity index (χ0) is 26.0. The molecule has 4 rings (SSSR count). The maximum atomic E-state index is 13.4. The summed E-state index contributed by atoms with van der Waals surface area (Å²) in [7, 11) is 0. The molecule has 0 saturated carbocycles. The molecule has 36 heavy (non-hydrogen) atoms. The van der Waals surface area contributed by atoms with Crippen LogP contribution < -0.4 is 4.74 Å². The van der Waals surface area contributed by atoms with Crippen molar-refractivity contribution in [2.24, 2.45) is 0 Å². The Morgan fingerprint density at radius 2 is 1.83 bits per heavy atom. The highest BCUT2D eigenvalue weighted by molar-refractivity contribution is 9.10. The summed E-state index contributed by atoms with van der Waals surface area (Å²) >= 11 is 3.34. The van der Waals surface area contributed by atoms with Crippen LogP contribution in [0.1, 0.15) is 30.9 Å². The molecule has 2 aromatic carbocycles. The molecular weight excluding hydrogens is 535 g/mol. The van der Waals surface area contributed by atoms with E-state index >= 15 is 0 Å². The number of carboxylic acids is 1. The van der Waals surface area contributed by atoms with Crippen LogP contribution in [0.4, 0.5) is 9.18 Å². The van der Waals surface area contributed by atoms with Gasteiger partial charge in [-0.1, -0.05) is 24.3 Å². The fraction of sp³-hybridized carbons (Fsp3) is 0.346. The maximum absolute atomic E-state index is 13.4. The van der Waals surface area contributed by atoms with Crippen LogP contribution in [-0.4, -0.2) is 69.8 Å². The molecule has 2 N–H and O–H groups in total. The van der Waals surface area contributed by atoms with Crippen molar-refractivity contribution < 1.29 is 33.7 Å². The van der Waals surface area contributed by atoms with Crippen LogP contribution in [0.2, 0.25) is 0 Å². The summed E-state index contributed by atoms with van der Waals surface area (Å²) < 4.78 is 19.7. The second-order valence-electron chi connectivity index (χ2n) is 8.91. The summed E-state index contributed by atoms with van der Waals surface area (Å²) in [6, 6.07) is 10.4. The van der Waals surface area contributed by atoms with E-state index in [0.717, 1.165) is 11.1 Å². The predicted octanol–water partition coefficient (Wildman–Crippen LogP) is 4.42. The van der Waals surface area contributed by atoms with Crippen LogP contribution in [0.25, 0.3) is 5.57 Å².